The highest BCUT2D eigenvalue weighted by Crippen LogP contribution is 2.61. The van der Waals surface area contributed by atoms with E-state index in [1.165, 1.54) is 0 Å². The molecular formula is C11H17F3. The van der Waals surface area contributed by atoms with Gasteiger partial charge in [0.1, 0.15) is 6.17 Å². The molecule has 0 amide bonds. The summed E-state index contributed by atoms with van der Waals surface area (Å²) in [6.45, 7) is 5.94. The van der Waals surface area contributed by atoms with E-state index in [2.05, 4.69) is 0 Å². The summed E-state index contributed by atoms with van der Waals surface area (Å²) in [4.78, 5) is 0. The average molecular weight is 206 g/mol. The maximum atomic E-state index is 13.3. The first-order valence-electron chi connectivity index (χ1n) is 5.25. The van der Waals surface area contributed by atoms with Gasteiger partial charge in [0.25, 0.3) is 5.92 Å². The van der Waals surface area contributed by atoms with Crippen molar-refractivity contribution in [3.05, 3.63) is 0 Å². The first-order chi connectivity index (χ1) is 6.23. The quantitative estimate of drug-likeness (QED) is 0.646. The summed E-state index contributed by atoms with van der Waals surface area (Å²) < 4.78 is 38.6. The van der Waals surface area contributed by atoms with Gasteiger partial charge in [0.2, 0.25) is 0 Å². The fourth-order valence-corrected chi connectivity index (χ4v) is 2.58. The second-order valence-corrected chi connectivity index (χ2v) is 5.90. The summed E-state index contributed by atoms with van der Waals surface area (Å²) in [5.74, 6) is -3.12. The number of rotatable bonds is 2. The maximum absolute atomic E-state index is 13.3. The Morgan fingerprint density at radius 3 is 2.07 bits per heavy atom. The van der Waals surface area contributed by atoms with Gasteiger partial charge in [0.15, 0.2) is 0 Å². The molecule has 2 aliphatic rings. The molecule has 0 heterocycles. The van der Waals surface area contributed by atoms with E-state index in [4.69, 9.17) is 0 Å². The average Bonchev–Trinajstić information content (AvgIpc) is 2.74. The molecule has 2 rings (SSSR count). The molecule has 1 unspecified atom stereocenters. The van der Waals surface area contributed by atoms with Crippen LogP contribution in [0.3, 0.4) is 0 Å². The molecule has 3 heteroatoms. The zero-order valence-electron chi connectivity index (χ0n) is 8.86. The number of hydrogen-bond donors (Lipinski definition) is 0. The highest BCUT2D eigenvalue weighted by atomic mass is 19.3. The predicted octanol–water partition coefficient (Wildman–Crippen LogP) is 3.66. The van der Waals surface area contributed by atoms with Gasteiger partial charge in [-0.25, -0.2) is 13.2 Å². The molecule has 0 nitrogen and oxygen atoms in total. The van der Waals surface area contributed by atoms with Crippen LogP contribution in [0.5, 0.6) is 0 Å². The van der Waals surface area contributed by atoms with E-state index < -0.39 is 18.0 Å². The molecule has 2 aliphatic carbocycles. The molecule has 0 bridgehead atoms. The number of alkyl halides is 3. The maximum Gasteiger partial charge on any atom is 0.251 e. The molecule has 0 radical (unpaired) electrons. The van der Waals surface area contributed by atoms with Crippen molar-refractivity contribution in [1.82, 2.24) is 0 Å². The fraction of sp³-hybridized carbons (Fsp3) is 1.00. The molecular weight excluding hydrogens is 189 g/mol. The van der Waals surface area contributed by atoms with Crippen LogP contribution in [-0.2, 0) is 0 Å². The van der Waals surface area contributed by atoms with Gasteiger partial charge < -0.3 is 0 Å². The Balaban J connectivity index is 1.86. The molecule has 0 spiro atoms. The predicted molar refractivity (Wildman–Crippen MR) is 49.0 cm³/mol. The van der Waals surface area contributed by atoms with Gasteiger partial charge in [-0.1, -0.05) is 20.8 Å². The van der Waals surface area contributed by atoms with Crippen LogP contribution in [-0.4, -0.2) is 12.1 Å². The lowest BCUT2D eigenvalue weighted by atomic mass is 9.88. The Bertz CT molecular complexity index is 241. The molecule has 14 heavy (non-hydrogen) atoms. The molecule has 0 aromatic heterocycles. The number of halogens is 3. The van der Waals surface area contributed by atoms with E-state index in [0.717, 1.165) is 0 Å². The Morgan fingerprint density at radius 1 is 1.29 bits per heavy atom. The van der Waals surface area contributed by atoms with Crippen LogP contribution in [0.25, 0.3) is 0 Å². The van der Waals surface area contributed by atoms with E-state index in [-0.39, 0.29) is 23.7 Å². The van der Waals surface area contributed by atoms with Crippen molar-refractivity contribution in [2.45, 2.75) is 45.7 Å². The molecule has 2 fully saturated rings. The SMILES string of the molecule is CC(C)(C)[C@@H]1C(C[C@H]2CC2(F)F)[C@H]1F. The first kappa shape index (κ1) is 10.3. The van der Waals surface area contributed by atoms with Gasteiger partial charge in [-0.3, -0.25) is 0 Å². The highest BCUT2D eigenvalue weighted by Gasteiger charge is 2.64. The van der Waals surface area contributed by atoms with Gasteiger partial charge in [0.05, 0.1) is 0 Å². The van der Waals surface area contributed by atoms with Crippen molar-refractivity contribution in [2.24, 2.45) is 23.2 Å². The van der Waals surface area contributed by atoms with E-state index >= 15 is 0 Å². The zero-order chi connectivity index (χ0) is 10.7. The van der Waals surface area contributed by atoms with Crippen LogP contribution in [0.4, 0.5) is 13.2 Å². The van der Waals surface area contributed by atoms with Crippen LogP contribution in [0.1, 0.15) is 33.6 Å². The van der Waals surface area contributed by atoms with Gasteiger partial charge in [0, 0.05) is 18.3 Å². The monoisotopic (exact) mass is 206 g/mol. The van der Waals surface area contributed by atoms with E-state index in [1.54, 1.807) is 0 Å². The van der Waals surface area contributed by atoms with E-state index in [9.17, 15) is 13.2 Å². The molecule has 2 saturated carbocycles. The van der Waals surface area contributed by atoms with Crippen LogP contribution < -0.4 is 0 Å². The van der Waals surface area contributed by atoms with Crippen molar-refractivity contribution in [1.29, 1.82) is 0 Å². The largest absolute Gasteiger partial charge is 0.251 e. The third-order valence-electron chi connectivity index (χ3n) is 3.58. The Labute approximate surface area is 82.9 Å². The zero-order valence-corrected chi connectivity index (χ0v) is 8.86. The second-order valence-electron chi connectivity index (χ2n) is 5.90. The number of hydrogen-bond acceptors (Lipinski definition) is 0. The molecule has 0 aromatic rings. The normalized spacial score (nSPS) is 45.0. The summed E-state index contributed by atoms with van der Waals surface area (Å²) >= 11 is 0. The second kappa shape index (κ2) is 2.67. The van der Waals surface area contributed by atoms with Crippen LogP contribution in [0, 0.1) is 23.2 Å². The van der Waals surface area contributed by atoms with Crippen LogP contribution in [0.15, 0.2) is 0 Å². The lowest BCUT2D eigenvalue weighted by Gasteiger charge is -2.17. The van der Waals surface area contributed by atoms with E-state index in [0.29, 0.717) is 6.42 Å². The van der Waals surface area contributed by atoms with Crippen LogP contribution in [0.2, 0.25) is 0 Å². The molecule has 82 valence electrons. The third-order valence-corrected chi connectivity index (χ3v) is 3.58. The standard InChI is InChI=1S/C11H17F3/c1-10(2,3)8-7(9(8)12)4-6-5-11(6,13)14/h6-9H,4-5H2,1-3H3/t6-,7?,8+,9+/m0/s1. The Hall–Kier alpha value is -0.210. The minimum atomic E-state index is -2.48. The Morgan fingerprint density at radius 2 is 1.79 bits per heavy atom. The minimum absolute atomic E-state index is 0.00102. The molecule has 0 aliphatic heterocycles. The summed E-state index contributed by atoms with van der Waals surface area (Å²) in [6, 6.07) is 0. The third kappa shape index (κ3) is 1.66. The summed E-state index contributed by atoms with van der Waals surface area (Å²) in [7, 11) is 0. The minimum Gasteiger partial charge on any atom is -0.247 e. The summed E-state index contributed by atoms with van der Waals surface area (Å²) in [5, 5.41) is 0. The summed E-state index contributed by atoms with van der Waals surface area (Å²) in [6.07, 6.45) is -0.477. The first-order valence-corrected chi connectivity index (χ1v) is 5.25. The highest BCUT2D eigenvalue weighted by molar-refractivity contribution is 5.08. The molecule has 4 atom stereocenters. The van der Waals surface area contributed by atoms with Crippen molar-refractivity contribution >= 4 is 0 Å². The molecule has 0 saturated heterocycles. The summed E-state index contributed by atoms with van der Waals surface area (Å²) in [5.41, 5.74) is -0.0751. The van der Waals surface area contributed by atoms with E-state index in [1.807, 2.05) is 20.8 Å². The molecule has 0 N–H and O–H groups in total. The topological polar surface area (TPSA) is 0 Å². The smallest absolute Gasteiger partial charge is 0.247 e. The van der Waals surface area contributed by atoms with Gasteiger partial charge in [-0.05, 0) is 17.8 Å². The molecule has 0 aromatic carbocycles. The van der Waals surface area contributed by atoms with Crippen molar-refractivity contribution in [2.75, 3.05) is 0 Å². The van der Waals surface area contributed by atoms with Crippen LogP contribution >= 0.6 is 0 Å². The van der Waals surface area contributed by atoms with Gasteiger partial charge in [-0.15, -0.1) is 0 Å². The van der Waals surface area contributed by atoms with Gasteiger partial charge >= 0.3 is 0 Å². The van der Waals surface area contributed by atoms with Crippen molar-refractivity contribution in [3.63, 3.8) is 0 Å². The van der Waals surface area contributed by atoms with Gasteiger partial charge in [-0.2, -0.15) is 0 Å². The van der Waals surface area contributed by atoms with Crippen molar-refractivity contribution < 1.29 is 13.2 Å². The van der Waals surface area contributed by atoms with Crippen molar-refractivity contribution in [3.8, 4) is 0 Å². The lowest BCUT2D eigenvalue weighted by Crippen LogP contribution is -2.11. The Kier molecular flexibility index (Phi) is 1.97. The fourth-order valence-electron chi connectivity index (χ4n) is 2.58. The lowest BCUT2D eigenvalue weighted by molar-refractivity contribution is 0.0945.